The molecule has 0 radical (unpaired) electrons. The number of thiazole rings is 1. The molecule has 1 aliphatic heterocycles. The summed E-state index contributed by atoms with van der Waals surface area (Å²) in [5.41, 5.74) is 2.12. The average Bonchev–Trinajstić information content (AvgIpc) is 3.24. The van der Waals surface area contributed by atoms with Gasteiger partial charge in [-0.2, -0.15) is 0 Å². The van der Waals surface area contributed by atoms with E-state index in [4.69, 9.17) is 18.9 Å². The second-order valence-corrected chi connectivity index (χ2v) is 9.82. The first-order valence-electron chi connectivity index (χ1n) is 12.5. The zero-order valence-corrected chi connectivity index (χ0v) is 23.1. The number of aromatic nitrogens is 1. The normalized spacial score (nSPS) is 15.1. The lowest BCUT2D eigenvalue weighted by molar-refractivity contribution is -0.136. The van der Waals surface area contributed by atoms with Gasteiger partial charge in [0, 0.05) is 0 Å². The molecule has 38 heavy (non-hydrogen) atoms. The Morgan fingerprint density at radius 2 is 1.82 bits per heavy atom. The fraction of sp³-hybridized carbons (Fsp3) is 0.345. The summed E-state index contributed by atoms with van der Waals surface area (Å²) in [5.74, 6) is 1.41. The van der Waals surface area contributed by atoms with Gasteiger partial charge >= 0.3 is 5.97 Å². The zero-order chi connectivity index (χ0) is 27.2. The molecular formula is C29H32N2O6S. The third-order valence-corrected chi connectivity index (χ3v) is 7.33. The molecule has 1 aromatic heterocycles. The molecule has 0 N–H and O–H groups in total. The largest absolute Gasteiger partial charge is 0.497 e. The van der Waals surface area contributed by atoms with Crippen molar-refractivity contribution in [1.29, 1.82) is 0 Å². The minimum atomic E-state index is -0.680. The lowest BCUT2D eigenvalue weighted by atomic mass is 9.96. The van der Waals surface area contributed by atoms with Gasteiger partial charge < -0.3 is 18.9 Å². The number of unbranched alkanes of at least 4 members (excludes halogenated alkanes) is 2. The standard InChI is InChI=1S/C29H32N2O6S/c1-6-7-8-15-37-22-14-9-19(16-23(22)35-4)17-24-27(32)31-26(20-10-12-21(34-3)13-11-20)25(28(33)36-5)18(2)30-29(31)38-24/h9-14,16-17,26H,6-8,15H2,1-5H3/b24-17+. The molecule has 0 amide bonds. The van der Waals surface area contributed by atoms with Gasteiger partial charge in [-0.25, -0.2) is 9.79 Å². The van der Waals surface area contributed by atoms with Crippen LogP contribution in [0.2, 0.25) is 0 Å². The number of methoxy groups -OCH3 is 3. The van der Waals surface area contributed by atoms with Crippen molar-refractivity contribution in [2.24, 2.45) is 4.99 Å². The molecule has 3 aromatic rings. The highest BCUT2D eigenvalue weighted by Crippen LogP contribution is 2.32. The van der Waals surface area contributed by atoms with Crippen molar-refractivity contribution in [1.82, 2.24) is 4.57 Å². The summed E-state index contributed by atoms with van der Waals surface area (Å²) in [6.07, 6.45) is 5.01. The number of carbonyl (C=O) groups is 1. The Labute approximate surface area is 225 Å². The maximum absolute atomic E-state index is 13.7. The van der Waals surface area contributed by atoms with Gasteiger partial charge in [0.2, 0.25) is 0 Å². The van der Waals surface area contributed by atoms with Gasteiger partial charge in [0.15, 0.2) is 16.3 Å². The number of nitrogens with zero attached hydrogens (tertiary/aromatic N) is 2. The molecule has 2 heterocycles. The van der Waals surface area contributed by atoms with E-state index in [1.165, 1.54) is 18.4 Å². The molecule has 9 heteroatoms. The Hall–Kier alpha value is -3.85. The highest BCUT2D eigenvalue weighted by molar-refractivity contribution is 7.07. The topological polar surface area (TPSA) is 88.4 Å². The second-order valence-electron chi connectivity index (χ2n) is 8.81. The molecule has 1 atom stereocenters. The first kappa shape index (κ1) is 27.2. The van der Waals surface area contributed by atoms with E-state index < -0.39 is 12.0 Å². The smallest absolute Gasteiger partial charge is 0.338 e. The van der Waals surface area contributed by atoms with Crippen LogP contribution in [-0.4, -0.2) is 38.5 Å². The minimum Gasteiger partial charge on any atom is -0.497 e. The molecule has 200 valence electrons. The van der Waals surface area contributed by atoms with Gasteiger partial charge in [0.05, 0.1) is 49.8 Å². The van der Waals surface area contributed by atoms with Crippen LogP contribution in [0.25, 0.3) is 6.08 Å². The van der Waals surface area contributed by atoms with Crippen molar-refractivity contribution in [2.45, 2.75) is 39.2 Å². The molecule has 1 unspecified atom stereocenters. The van der Waals surface area contributed by atoms with Crippen molar-refractivity contribution in [3.63, 3.8) is 0 Å². The summed E-state index contributed by atoms with van der Waals surface area (Å²) in [6, 6.07) is 12.2. The third-order valence-electron chi connectivity index (χ3n) is 6.35. The predicted octanol–water partition coefficient (Wildman–Crippen LogP) is 3.99. The lowest BCUT2D eigenvalue weighted by Gasteiger charge is -2.24. The average molecular weight is 537 g/mol. The van der Waals surface area contributed by atoms with Crippen LogP contribution in [0.3, 0.4) is 0 Å². The monoisotopic (exact) mass is 536 g/mol. The number of fused-ring (bicyclic) bond motifs is 1. The Kier molecular flexibility index (Phi) is 8.68. The van der Waals surface area contributed by atoms with Gasteiger partial charge in [-0.15, -0.1) is 0 Å². The third kappa shape index (κ3) is 5.52. The summed E-state index contributed by atoms with van der Waals surface area (Å²) in [7, 11) is 4.50. The van der Waals surface area contributed by atoms with Gasteiger partial charge in [-0.3, -0.25) is 9.36 Å². The number of benzene rings is 2. The SMILES string of the molecule is CCCCCOc1ccc(/C=c2/sc3n(c2=O)C(c2ccc(OC)cc2)C(C(=O)OC)=C(C)N=3)cc1OC. The van der Waals surface area contributed by atoms with Crippen LogP contribution in [0.5, 0.6) is 17.2 Å². The number of esters is 1. The van der Waals surface area contributed by atoms with Crippen molar-refractivity contribution >= 4 is 23.4 Å². The molecule has 4 rings (SSSR count). The van der Waals surface area contributed by atoms with Crippen LogP contribution < -0.4 is 29.1 Å². The molecule has 0 saturated carbocycles. The highest BCUT2D eigenvalue weighted by atomic mass is 32.1. The Morgan fingerprint density at radius 1 is 1.05 bits per heavy atom. The number of ether oxygens (including phenoxy) is 4. The quantitative estimate of drug-likeness (QED) is 0.288. The second kappa shape index (κ2) is 12.1. The minimum absolute atomic E-state index is 0.248. The van der Waals surface area contributed by atoms with Crippen LogP contribution in [0.1, 0.15) is 50.3 Å². The lowest BCUT2D eigenvalue weighted by Crippen LogP contribution is -2.39. The first-order valence-corrected chi connectivity index (χ1v) is 13.3. The molecule has 0 spiro atoms. The van der Waals surface area contributed by atoms with Crippen molar-refractivity contribution in [3.05, 3.63) is 84.5 Å². The molecule has 0 bridgehead atoms. The molecule has 8 nitrogen and oxygen atoms in total. The molecular weight excluding hydrogens is 504 g/mol. The van der Waals surface area contributed by atoms with Gasteiger partial charge in [-0.1, -0.05) is 49.3 Å². The van der Waals surface area contributed by atoms with E-state index in [1.54, 1.807) is 43.9 Å². The van der Waals surface area contributed by atoms with E-state index in [2.05, 4.69) is 11.9 Å². The maximum atomic E-state index is 13.7. The van der Waals surface area contributed by atoms with E-state index >= 15 is 0 Å². The van der Waals surface area contributed by atoms with Crippen LogP contribution in [0.15, 0.2) is 63.5 Å². The molecule has 0 saturated heterocycles. The van der Waals surface area contributed by atoms with Gasteiger partial charge in [0.25, 0.3) is 5.56 Å². The van der Waals surface area contributed by atoms with Crippen LogP contribution in [-0.2, 0) is 9.53 Å². The number of carbonyl (C=O) groups excluding carboxylic acids is 1. The molecule has 2 aromatic carbocycles. The predicted molar refractivity (Wildman–Crippen MR) is 147 cm³/mol. The van der Waals surface area contributed by atoms with E-state index in [0.717, 1.165) is 30.4 Å². The van der Waals surface area contributed by atoms with Crippen molar-refractivity contribution in [3.8, 4) is 17.2 Å². The zero-order valence-electron chi connectivity index (χ0n) is 22.3. The van der Waals surface area contributed by atoms with Crippen LogP contribution in [0.4, 0.5) is 0 Å². The summed E-state index contributed by atoms with van der Waals surface area (Å²) in [5, 5.41) is 0. The Morgan fingerprint density at radius 3 is 2.47 bits per heavy atom. The maximum Gasteiger partial charge on any atom is 0.338 e. The van der Waals surface area contributed by atoms with E-state index in [1.807, 2.05) is 30.3 Å². The van der Waals surface area contributed by atoms with Gasteiger partial charge in [-0.05, 0) is 54.8 Å². The number of hydrogen-bond acceptors (Lipinski definition) is 8. The van der Waals surface area contributed by atoms with E-state index in [9.17, 15) is 9.59 Å². The molecule has 0 fully saturated rings. The Bertz CT molecular complexity index is 1520. The van der Waals surface area contributed by atoms with Gasteiger partial charge in [0.1, 0.15) is 5.75 Å². The first-order chi connectivity index (χ1) is 18.4. The molecule has 1 aliphatic rings. The van der Waals surface area contributed by atoms with Crippen LogP contribution in [0, 0.1) is 0 Å². The summed E-state index contributed by atoms with van der Waals surface area (Å²) < 4.78 is 23.8. The van der Waals surface area contributed by atoms with Crippen LogP contribution >= 0.6 is 11.3 Å². The number of hydrogen-bond donors (Lipinski definition) is 0. The number of allylic oxidation sites excluding steroid dienone is 1. The molecule has 0 aliphatic carbocycles. The fourth-order valence-electron chi connectivity index (χ4n) is 4.37. The summed E-state index contributed by atoms with van der Waals surface area (Å²) >= 11 is 1.27. The Balaban J connectivity index is 1.79. The van der Waals surface area contributed by atoms with E-state index in [0.29, 0.717) is 44.5 Å². The van der Waals surface area contributed by atoms with Crippen molar-refractivity contribution in [2.75, 3.05) is 27.9 Å². The highest BCUT2D eigenvalue weighted by Gasteiger charge is 2.33. The van der Waals surface area contributed by atoms with Crippen molar-refractivity contribution < 1.29 is 23.7 Å². The summed E-state index contributed by atoms with van der Waals surface area (Å²) in [4.78, 5) is 31.7. The van der Waals surface area contributed by atoms with E-state index in [-0.39, 0.29) is 5.56 Å². The number of rotatable bonds is 10. The fourth-order valence-corrected chi connectivity index (χ4v) is 5.42. The summed E-state index contributed by atoms with van der Waals surface area (Å²) in [6.45, 7) is 4.52.